The van der Waals surface area contributed by atoms with Gasteiger partial charge in [-0.25, -0.2) is 0 Å². The lowest BCUT2D eigenvalue weighted by Gasteiger charge is -2.15. The van der Waals surface area contributed by atoms with Crippen LogP contribution in [0.25, 0.3) is 55.2 Å². The van der Waals surface area contributed by atoms with Crippen LogP contribution in [0.5, 0.6) is 29.4 Å². The van der Waals surface area contributed by atoms with E-state index < -0.39 is 49.1 Å². The molecule has 10 aromatic rings. The molecule has 0 saturated carbocycles. The van der Waals surface area contributed by atoms with Crippen molar-refractivity contribution in [3.63, 3.8) is 0 Å². The van der Waals surface area contributed by atoms with Gasteiger partial charge in [-0.2, -0.15) is 49.8 Å². The Balaban J connectivity index is 0.000000145. The Bertz CT molecular complexity index is 5150. The molecule has 15 rings (SSSR count). The van der Waals surface area contributed by atoms with Gasteiger partial charge in [0.25, 0.3) is 0 Å². The number of nitrogens with one attached hydrogen (secondary N) is 4. The zero-order valence-corrected chi connectivity index (χ0v) is 68.9. The molecule has 0 spiro atoms. The molecular weight excluding hydrogens is 1640 g/mol. The van der Waals surface area contributed by atoms with E-state index in [9.17, 15) is 44.7 Å². The molecule has 117 heavy (non-hydrogen) atoms. The largest absolute Gasteiger partial charge is 0.480 e. The number of anilines is 5. The standard InChI is InChI=1S/C20H25N5O5.C15H19IN4O4.C15H20N4O4.C13H18N4O3.C12H16N4O4/c1-5-15-14(28)9-16(30-15)25-10-13(7-6-8-21-11(2)26)17-18(25)23-20(22-12(3)27)24-19(17)29-4;1-4-10-9(22)5-11(24-10)20-6-8(16)12-13(20)18-15(17-7(2)21)19-14(12)23-3;1-4-11-10(21)7-12(23-11)19-6-5-9-13(19)17-15(16-8(2)20)18-14(9)22-3;1-3-9-8(18)6-10(20-9)17-5-4-7-11(17)15-13(14)16-12(7)19-2;1-19-11-6-2-3-16(10(6)14-12(13)15-11)9-4-7(18)8(5-17)20-9/h10,14-16,28H,5,8-9H2,1-4H3,(H,21,26)(H,22,23,24,27);6,9-11,22H,4-5H2,1-3H3,(H,17,18,19,21);5-6,10-12,21H,4,7H2,1-3H3,(H,16,17,18,20);4-5,8-10,18H,3,6H2,1-2H3,(H2,14,15,16);2-3,7-9,17-18H,4-5H2,1H3,(H2,13,14,15)/t14-,15-,16-;9-,10-,11-;10-,11-,12-;8-,9-,10-;7-,8-,9-/m11111/s1. The minimum Gasteiger partial charge on any atom is -0.480 e. The van der Waals surface area contributed by atoms with Gasteiger partial charge in [-0.1, -0.05) is 39.5 Å². The van der Waals surface area contributed by atoms with Gasteiger partial charge in [0.2, 0.25) is 82.8 Å². The molecule has 4 amide bonds. The van der Waals surface area contributed by atoms with E-state index in [0.717, 1.165) is 39.0 Å². The first-order valence-electron chi connectivity index (χ1n) is 37.8. The summed E-state index contributed by atoms with van der Waals surface area (Å²) in [5.74, 6) is 7.42. The third-order valence-electron chi connectivity index (χ3n) is 19.7. The first kappa shape index (κ1) is 87.3. The molecule has 42 heteroatoms. The maximum absolute atomic E-state index is 11.5. The number of fused-ring (bicyclic) bond motifs is 5. The van der Waals surface area contributed by atoms with Crippen molar-refractivity contribution >= 4 is 131 Å². The number of nitrogens with zero attached hydrogens (tertiary/aromatic N) is 15. The quantitative estimate of drug-likeness (QED) is 0.0365. The van der Waals surface area contributed by atoms with Crippen LogP contribution in [-0.2, 0) is 42.9 Å². The smallest absolute Gasteiger partial charge is 0.234 e. The Morgan fingerprint density at radius 1 is 0.444 bits per heavy atom. The van der Waals surface area contributed by atoms with Crippen LogP contribution in [0.1, 0.15) is 150 Å². The minimum absolute atomic E-state index is 0.0922. The van der Waals surface area contributed by atoms with Crippen molar-refractivity contribution in [2.75, 3.05) is 76.1 Å². The van der Waals surface area contributed by atoms with Gasteiger partial charge in [0.15, 0.2) is 28.2 Å². The van der Waals surface area contributed by atoms with E-state index in [1.807, 2.05) is 72.1 Å². The van der Waals surface area contributed by atoms with Gasteiger partial charge >= 0.3 is 0 Å². The van der Waals surface area contributed by atoms with Crippen molar-refractivity contribution in [3.05, 3.63) is 58.3 Å². The lowest BCUT2D eigenvalue weighted by atomic mass is 10.1. The Morgan fingerprint density at radius 3 is 1.10 bits per heavy atom. The number of nitrogen functional groups attached to an aromatic ring is 2. The van der Waals surface area contributed by atoms with E-state index in [1.165, 1.54) is 56.1 Å². The van der Waals surface area contributed by atoms with Gasteiger partial charge in [-0.3, -0.25) is 35.1 Å². The highest BCUT2D eigenvalue weighted by Crippen LogP contribution is 2.42. The number of methoxy groups -OCH3 is 5. The molecule has 0 unspecified atom stereocenters. The second-order valence-electron chi connectivity index (χ2n) is 27.7. The van der Waals surface area contributed by atoms with Crippen molar-refractivity contribution in [3.8, 4) is 41.2 Å². The van der Waals surface area contributed by atoms with Crippen molar-refractivity contribution in [1.29, 1.82) is 0 Å². The van der Waals surface area contributed by atoms with E-state index in [0.29, 0.717) is 107 Å². The summed E-state index contributed by atoms with van der Waals surface area (Å²) in [6, 6.07) is 5.50. The second kappa shape index (κ2) is 38.7. The predicted octanol–water partition coefficient (Wildman–Crippen LogP) is 5.21. The number of aromatic nitrogens is 15. The fourth-order valence-electron chi connectivity index (χ4n) is 14.2. The van der Waals surface area contributed by atoms with E-state index in [4.69, 9.17) is 63.9 Å². The van der Waals surface area contributed by atoms with Crippen molar-refractivity contribution < 1.29 is 97.2 Å². The molecule has 5 aliphatic heterocycles. The number of carbonyl (C=O) groups is 4. The van der Waals surface area contributed by atoms with Crippen LogP contribution >= 0.6 is 22.6 Å². The molecule has 41 nitrogen and oxygen atoms in total. The highest BCUT2D eigenvalue weighted by Gasteiger charge is 2.40. The maximum Gasteiger partial charge on any atom is 0.234 e. The third kappa shape index (κ3) is 19.7. The van der Waals surface area contributed by atoms with E-state index in [1.54, 1.807) is 34.7 Å². The van der Waals surface area contributed by atoms with Crippen LogP contribution in [0.4, 0.5) is 29.7 Å². The monoisotopic (exact) mass is 1740 g/mol. The second-order valence-corrected chi connectivity index (χ2v) is 28.9. The third-order valence-corrected chi connectivity index (χ3v) is 20.5. The topological polar surface area (TPSA) is 536 Å². The molecule has 0 aromatic carbocycles. The number of nitrogens with two attached hydrogens (primary N) is 2. The molecule has 630 valence electrons. The fraction of sp³-hybridized carbons (Fsp3) is 0.520. The van der Waals surface area contributed by atoms with Gasteiger partial charge in [-0.15, -0.1) is 0 Å². The molecule has 0 bridgehead atoms. The first-order chi connectivity index (χ1) is 56.1. The molecule has 15 heterocycles. The van der Waals surface area contributed by atoms with Gasteiger partial charge < -0.3 is 118 Å². The summed E-state index contributed by atoms with van der Waals surface area (Å²) in [6.07, 6.45) is 8.47. The van der Waals surface area contributed by atoms with Crippen LogP contribution in [0, 0.1) is 15.4 Å². The van der Waals surface area contributed by atoms with Gasteiger partial charge in [-0.05, 0) is 66.5 Å². The lowest BCUT2D eigenvalue weighted by Crippen LogP contribution is -2.24. The summed E-state index contributed by atoms with van der Waals surface area (Å²) in [5, 5.41) is 73.2. The molecule has 5 saturated heterocycles. The zero-order chi connectivity index (χ0) is 84.4. The number of halogens is 1. The number of hydrogen-bond donors (Lipinski definition) is 12. The fourth-order valence-corrected chi connectivity index (χ4v) is 15.0. The summed E-state index contributed by atoms with van der Waals surface area (Å²) in [7, 11) is 7.56. The van der Waals surface area contributed by atoms with Crippen molar-refractivity contribution in [2.45, 2.75) is 205 Å². The Morgan fingerprint density at radius 2 is 0.761 bits per heavy atom. The van der Waals surface area contributed by atoms with Gasteiger partial charge in [0.05, 0.1) is 136 Å². The van der Waals surface area contributed by atoms with Crippen LogP contribution < -0.4 is 56.4 Å². The molecule has 14 N–H and O–H groups in total. The van der Waals surface area contributed by atoms with Gasteiger partial charge in [0.1, 0.15) is 37.2 Å². The molecular formula is C75H98IN21O20. The van der Waals surface area contributed by atoms with Crippen LogP contribution in [-0.4, -0.2) is 237 Å². The number of ether oxygens (including phenoxy) is 10. The average Bonchev–Trinajstić information content (AvgIpc) is 1.63. The molecule has 5 aliphatic rings. The maximum atomic E-state index is 11.5. The average molecular weight is 1740 g/mol. The number of hydrogen-bond acceptors (Lipinski definition) is 32. The van der Waals surface area contributed by atoms with Crippen molar-refractivity contribution in [2.24, 2.45) is 0 Å². The highest BCUT2D eigenvalue weighted by atomic mass is 127. The molecule has 5 fully saturated rings. The summed E-state index contributed by atoms with van der Waals surface area (Å²) in [4.78, 5) is 87.6. The summed E-state index contributed by atoms with van der Waals surface area (Å²) in [5.41, 5.74) is 14.8. The summed E-state index contributed by atoms with van der Waals surface area (Å²) in [6.45, 7) is 13.4. The molecule has 10 aromatic heterocycles. The summed E-state index contributed by atoms with van der Waals surface area (Å²) < 4.78 is 65.8. The Labute approximate surface area is 683 Å². The van der Waals surface area contributed by atoms with Crippen molar-refractivity contribution in [1.82, 2.24) is 78.0 Å². The Kier molecular flexibility index (Phi) is 28.8. The predicted molar refractivity (Wildman–Crippen MR) is 431 cm³/mol. The van der Waals surface area contributed by atoms with Crippen LogP contribution in [0.3, 0.4) is 0 Å². The van der Waals surface area contributed by atoms with E-state index >= 15 is 0 Å². The van der Waals surface area contributed by atoms with Crippen LogP contribution in [0.15, 0.2) is 49.2 Å². The van der Waals surface area contributed by atoms with Crippen LogP contribution in [0.2, 0.25) is 0 Å². The normalized spacial score (nSPS) is 23.8. The number of aliphatic hydroxyl groups is 6. The zero-order valence-electron chi connectivity index (χ0n) is 66.7. The first-order valence-corrected chi connectivity index (χ1v) is 38.9. The number of amides is 4. The lowest BCUT2D eigenvalue weighted by molar-refractivity contribution is -0.119. The minimum atomic E-state index is -0.705. The molecule has 15 atom stereocenters. The Hall–Kier alpha value is -10.6. The number of carbonyl (C=O) groups excluding carboxylic acids is 4. The summed E-state index contributed by atoms with van der Waals surface area (Å²) >= 11 is 2.19. The highest BCUT2D eigenvalue weighted by molar-refractivity contribution is 14.1. The molecule has 0 radical (unpaired) electrons. The van der Waals surface area contributed by atoms with Gasteiger partial charge in [0, 0.05) is 94.4 Å². The SMILES string of the molecule is CC[C@H]1O[C@@H](n2cc(C#CCNC(C)=O)c3c(OC)nc(NC(C)=O)nc32)C[C@H]1O.CC[C@H]1O[C@@H](n2cc(I)c3c(OC)nc(NC(C)=O)nc32)C[C@H]1O.CC[C@H]1O[C@@H](n2ccc3c(OC)nc(N)nc32)C[C@H]1O.CC[C@H]1O[C@@H](n2ccc3c(OC)nc(NC(C)=O)nc32)C[C@H]1O.COc1nc(N)nc2c1ccn2[C@H]1C[C@@H](O)[C@@H](CO)O1. The number of aliphatic hydroxyl groups excluding tert-OH is 6. The molecule has 0 aliphatic carbocycles. The number of rotatable bonds is 19. The van der Waals surface area contributed by atoms with E-state index in [-0.39, 0.29) is 116 Å². The van der Waals surface area contributed by atoms with E-state index in [2.05, 4.69) is 106 Å².